The molecular weight excluding hydrogens is 284 g/mol. The van der Waals surface area contributed by atoms with Crippen molar-refractivity contribution in [3.8, 4) is 0 Å². The summed E-state index contributed by atoms with van der Waals surface area (Å²) in [6.45, 7) is 2.49. The number of fused-ring (bicyclic) bond motifs is 3. The van der Waals surface area contributed by atoms with E-state index in [9.17, 15) is 5.11 Å². The minimum Gasteiger partial charge on any atom is -0.393 e. The summed E-state index contributed by atoms with van der Waals surface area (Å²) in [4.78, 5) is 0. The van der Waals surface area contributed by atoms with E-state index >= 15 is 0 Å². The van der Waals surface area contributed by atoms with Gasteiger partial charge in [-0.15, -0.1) is 23.5 Å². The van der Waals surface area contributed by atoms with E-state index in [1.165, 1.54) is 50.0 Å². The van der Waals surface area contributed by atoms with Gasteiger partial charge in [-0.05, 0) is 55.8 Å². The molecule has 20 heavy (non-hydrogen) atoms. The molecule has 0 aromatic heterocycles. The maximum atomic E-state index is 10.4. The summed E-state index contributed by atoms with van der Waals surface area (Å²) in [5.74, 6) is 4.00. The minimum atomic E-state index is -0.0265. The molecule has 0 bridgehead atoms. The number of aliphatic hydroxyl groups is 1. The molecule has 4 aliphatic rings. The van der Waals surface area contributed by atoms with Crippen LogP contribution in [0, 0.1) is 17.3 Å². The fraction of sp³-hybridized carbons (Fsp3) is 0.882. The van der Waals surface area contributed by atoms with Crippen molar-refractivity contribution < 1.29 is 5.11 Å². The molecule has 112 valence electrons. The molecule has 1 nitrogen and oxygen atoms in total. The van der Waals surface area contributed by atoms with Crippen LogP contribution in [0.2, 0.25) is 0 Å². The van der Waals surface area contributed by atoms with E-state index in [4.69, 9.17) is 0 Å². The van der Waals surface area contributed by atoms with Crippen LogP contribution in [0.15, 0.2) is 11.6 Å². The van der Waals surface area contributed by atoms with Gasteiger partial charge in [0.2, 0.25) is 0 Å². The Morgan fingerprint density at radius 2 is 1.95 bits per heavy atom. The Kier molecular flexibility index (Phi) is 3.48. The standard InChI is InChI=1S/C17H26OS2/c1-16-7-2-3-15(18)14(16)5-4-12-11-17(8-6-13(12)16)19-9-10-20-17/h11,13-15,18H,2-10H2,1H3/t13?,14?,15-,16?/m0/s1. The number of aliphatic hydroxyl groups excluding tert-OH is 1. The first-order chi connectivity index (χ1) is 9.63. The summed E-state index contributed by atoms with van der Waals surface area (Å²) in [6, 6.07) is 0. The van der Waals surface area contributed by atoms with E-state index in [1.807, 2.05) is 0 Å². The van der Waals surface area contributed by atoms with Gasteiger partial charge in [-0.1, -0.05) is 25.0 Å². The van der Waals surface area contributed by atoms with Crippen molar-refractivity contribution in [3.05, 3.63) is 11.6 Å². The van der Waals surface area contributed by atoms with E-state index in [-0.39, 0.29) is 6.10 Å². The molecule has 3 aliphatic carbocycles. The number of thioether (sulfide) groups is 2. The molecule has 4 atom stereocenters. The highest BCUT2D eigenvalue weighted by atomic mass is 32.2. The summed E-state index contributed by atoms with van der Waals surface area (Å²) in [6.07, 6.45) is 11.5. The first kappa shape index (κ1) is 14.0. The predicted molar refractivity (Wildman–Crippen MR) is 89.1 cm³/mol. The summed E-state index contributed by atoms with van der Waals surface area (Å²) >= 11 is 4.37. The Hall–Kier alpha value is 0.400. The summed E-state index contributed by atoms with van der Waals surface area (Å²) in [7, 11) is 0. The van der Waals surface area contributed by atoms with Gasteiger partial charge in [0, 0.05) is 11.5 Å². The van der Waals surface area contributed by atoms with E-state index in [1.54, 1.807) is 5.57 Å². The van der Waals surface area contributed by atoms with Gasteiger partial charge in [-0.25, -0.2) is 0 Å². The lowest BCUT2D eigenvalue weighted by Crippen LogP contribution is -2.49. The SMILES string of the molecule is CC12CCC[C@H](O)C1CCC1=CC3(CCC12)SCCS3. The second-order valence-electron chi connectivity index (χ2n) is 7.43. The molecule has 0 aromatic carbocycles. The Balaban J connectivity index is 1.66. The lowest BCUT2D eigenvalue weighted by atomic mass is 9.51. The normalized spacial score (nSPS) is 46.7. The van der Waals surface area contributed by atoms with Crippen molar-refractivity contribution in [1.29, 1.82) is 0 Å². The van der Waals surface area contributed by atoms with E-state index in [0.29, 0.717) is 15.4 Å². The molecule has 0 aromatic rings. The lowest BCUT2D eigenvalue weighted by Gasteiger charge is -2.55. The van der Waals surface area contributed by atoms with Crippen LogP contribution in [-0.4, -0.2) is 26.8 Å². The monoisotopic (exact) mass is 310 g/mol. The van der Waals surface area contributed by atoms with Crippen molar-refractivity contribution >= 4 is 23.5 Å². The first-order valence-electron chi connectivity index (χ1n) is 8.31. The summed E-state index contributed by atoms with van der Waals surface area (Å²) < 4.78 is 0.433. The van der Waals surface area contributed by atoms with Crippen LogP contribution < -0.4 is 0 Å². The quantitative estimate of drug-likeness (QED) is 0.667. The highest BCUT2D eigenvalue weighted by Crippen LogP contribution is 2.61. The van der Waals surface area contributed by atoms with Crippen LogP contribution in [0.5, 0.6) is 0 Å². The van der Waals surface area contributed by atoms with Crippen molar-refractivity contribution in [2.24, 2.45) is 17.3 Å². The topological polar surface area (TPSA) is 20.2 Å². The van der Waals surface area contributed by atoms with Crippen LogP contribution in [0.3, 0.4) is 0 Å². The van der Waals surface area contributed by atoms with Crippen LogP contribution in [0.25, 0.3) is 0 Å². The maximum Gasteiger partial charge on any atom is 0.0794 e. The average Bonchev–Trinajstić information content (AvgIpc) is 2.86. The highest BCUT2D eigenvalue weighted by molar-refractivity contribution is 8.21. The third-order valence-corrected chi connectivity index (χ3v) is 9.88. The molecule has 4 rings (SSSR count). The van der Waals surface area contributed by atoms with Crippen LogP contribution in [0.1, 0.15) is 51.9 Å². The van der Waals surface area contributed by atoms with E-state index < -0.39 is 0 Å². The van der Waals surface area contributed by atoms with Crippen molar-refractivity contribution in [2.75, 3.05) is 11.5 Å². The lowest BCUT2D eigenvalue weighted by molar-refractivity contribution is -0.0638. The molecule has 3 unspecified atom stereocenters. The van der Waals surface area contributed by atoms with Gasteiger partial charge >= 0.3 is 0 Å². The van der Waals surface area contributed by atoms with E-state index in [0.717, 1.165) is 12.3 Å². The van der Waals surface area contributed by atoms with Crippen LogP contribution >= 0.6 is 23.5 Å². The molecule has 2 saturated carbocycles. The molecule has 1 heterocycles. The fourth-order valence-electron chi connectivity index (χ4n) is 5.48. The predicted octanol–water partition coefficient (Wildman–Crippen LogP) is 4.46. The number of hydrogen-bond acceptors (Lipinski definition) is 3. The van der Waals surface area contributed by atoms with Crippen LogP contribution in [-0.2, 0) is 0 Å². The zero-order chi connectivity index (χ0) is 13.8. The molecule has 3 fully saturated rings. The van der Waals surface area contributed by atoms with Crippen molar-refractivity contribution in [1.82, 2.24) is 0 Å². The summed E-state index contributed by atoms with van der Waals surface area (Å²) in [5, 5.41) is 10.4. The Morgan fingerprint density at radius 1 is 1.15 bits per heavy atom. The Morgan fingerprint density at radius 3 is 2.75 bits per heavy atom. The molecule has 0 amide bonds. The largest absolute Gasteiger partial charge is 0.393 e. The van der Waals surface area contributed by atoms with Gasteiger partial charge in [-0.2, -0.15) is 0 Å². The van der Waals surface area contributed by atoms with Gasteiger partial charge in [0.15, 0.2) is 0 Å². The fourth-order valence-corrected chi connectivity index (χ4v) is 8.66. The second-order valence-corrected chi connectivity index (χ2v) is 10.5. The number of rotatable bonds is 0. The van der Waals surface area contributed by atoms with Gasteiger partial charge in [0.05, 0.1) is 10.2 Å². The van der Waals surface area contributed by atoms with E-state index in [2.05, 4.69) is 36.5 Å². The smallest absolute Gasteiger partial charge is 0.0794 e. The maximum absolute atomic E-state index is 10.4. The van der Waals surface area contributed by atoms with Crippen LogP contribution in [0.4, 0.5) is 0 Å². The van der Waals surface area contributed by atoms with Gasteiger partial charge < -0.3 is 5.11 Å². The number of hydrogen-bond donors (Lipinski definition) is 1. The van der Waals surface area contributed by atoms with Gasteiger partial charge in [-0.3, -0.25) is 0 Å². The molecule has 0 radical (unpaired) electrons. The molecule has 1 saturated heterocycles. The third-order valence-electron chi connectivity index (χ3n) is 6.48. The first-order valence-corrected chi connectivity index (χ1v) is 10.3. The highest BCUT2D eigenvalue weighted by Gasteiger charge is 2.52. The van der Waals surface area contributed by atoms with Crippen molar-refractivity contribution in [3.63, 3.8) is 0 Å². The van der Waals surface area contributed by atoms with Gasteiger partial charge in [0.25, 0.3) is 0 Å². The average molecular weight is 311 g/mol. The second kappa shape index (κ2) is 4.96. The Labute approximate surface area is 131 Å². The molecule has 1 spiro atoms. The minimum absolute atomic E-state index is 0.0265. The Bertz CT molecular complexity index is 427. The van der Waals surface area contributed by atoms with Gasteiger partial charge in [0.1, 0.15) is 0 Å². The third kappa shape index (κ3) is 2.03. The zero-order valence-corrected chi connectivity index (χ0v) is 14.1. The molecule has 1 aliphatic heterocycles. The zero-order valence-electron chi connectivity index (χ0n) is 12.4. The molecule has 3 heteroatoms. The molecular formula is C17H26OS2. The summed E-state index contributed by atoms with van der Waals surface area (Å²) in [5.41, 5.74) is 2.14. The van der Waals surface area contributed by atoms with Crippen molar-refractivity contribution in [2.45, 2.75) is 62.1 Å². The molecule has 1 N–H and O–H groups in total. The number of allylic oxidation sites excluding steroid dienone is 1.